The zero-order valence-electron chi connectivity index (χ0n) is 7.92. The number of Topliss-reactive ketones (excluding diaryl/α,β-unsaturated/α-hetero) is 1. The fourth-order valence-electron chi connectivity index (χ4n) is 0.571. The van der Waals surface area contributed by atoms with E-state index in [1.165, 1.54) is 0 Å². The summed E-state index contributed by atoms with van der Waals surface area (Å²) >= 11 is 0. The Balaban J connectivity index is 0.000000561. The first kappa shape index (κ1) is 10.8. The molecule has 0 aromatic carbocycles. The zero-order valence-corrected chi connectivity index (χ0v) is 7.92. The van der Waals surface area contributed by atoms with E-state index in [4.69, 9.17) is 0 Å². The number of aryl methyl sites for hydroxylation is 1. The van der Waals surface area contributed by atoms with Crippen LogP contribution in [0.15, 0.2) is 4.52 Å². The van der Waals surface area contributed by atoms with Crippen LogP contribution in [0.3, 0.4) is 0 Å². The highest BCUT2D eigenvalue weighted by Gasteiger charge is 2.08. The molecule has 0 fully saturated rings. The average molecular weight is 170 g/mol. The first-order chi connectivity index (χ1) is 5.74. The molecule has 4 heteroatoms. The monoisotopic (exact) mass is 170 g/mol. The Kier molecular flexibility index (Phi) is 4.92. The summed E-state index contributed by atoms with van der Waals surface area (Å²) in [5, 5.41) is 3.45. The molecular formula is C8H14N2O2. The van der Waals surface area contributed by atoms with Gasteiger partial charge in [0.1, 0.15) is 0 Å². The number of nitrogens with zero attached hydrogens (tertiary/aromatic N) is 2. The largest absolute Gasteiger partial charge is 0.339 e. The smallest absolute Gasteiger partial charge is 0.238 e. The van der Waals surface area contributed by atoms with Crippen molar-refractivity contribution in [2.45, 2.75) is 34.1 Å². The Labute approximate surface area is 72.0 Å². The van der Waals surface area contributed by atoms with Crippen LogP contribution in [0.25, 0.3) is 0 Å². The van der Waals surface area contributed by atoms with E-state index in [0.717, 1.165) is 0 Å². The maximum atomic E-state index is 10.8. The molecule has 1 rings (SSSR count). The summed E-state index contributed by atoms with van der Waals surface area (Å²) in [6.07, 6.45) is 0.416. The van der Waals surface area contributed by atoms with Crippen LogP contribution < -0.4 is 0 Å². The van der Waals surface area contributed by atoms with Crippen molar-refractivity contribution < 1.29 is 9.32 Å². The van der Waals surface area contributed by atoms with Gasteiger partial charge in [-0.1, -0.05) is 25.9 Å². The third kappa shape index (κ3) is 2.82. The van der Waals surface area contributed by atoms with E-state index in [2.05, 4.69) is 14.7 Å². The fourth-order valence-corrected chi connectivity index (χ4v) is 0.571. The number of rotatable bonds is 2. The van der Waals surface area contributed by atoms with Crippen molar-refractivity contribution in [2.24, 2.45) is 0 Å². The molecule has 0 aliphatic rings. The molecule has 0 N–H and O–H groups in total. The van der Waals surface area contributed by atoms with E-state index in [-0.39, 0.29) is 11.6 Å². The van der Waals surface area contributed by atoms with Crippen molar-refractivity contribution in [3.63, 3.8) is 0 Å². The summed E-state index contributed by atoms with van der Waals surface area (Å²) in [4.78, 5) is 14.6. The van der Waals surface area contributed by atoms with Crippen molar-refractivity contribution in [3.8, 4) is 0 Å². The maximum absolute atomic E-state index is 10.8. The lowest BCUT2D eigenvalue weighted by atomic mass is 10.3. The number of hydrogen-bond donors (Lipinski definition) is 0. The second-order valence-electron chi connectivity index (χ2n) is 1.91. The van der Waals surface area contributed by atoms with Crippen molar-refractivity contribution in [1.29, 1.82) is 0 Å². The minimum Gasteiger partial charge on any atom is -0.339 e. The van der Waals surface area contributed by atoms with Gasteiger partial charge in [-0.2, -0.15) is 4.98 Å². The first-order valence-electron chi connectivity index (χ1n) is 4.07. The van der Waals surface area contributed by atoms with Crippen LogP contribution in [-0.4, -0.2) is 15.9 Å². The summed E-state index contributed by atoms with van der Waals surface area (Å²) in [7, 11) is 0. The van der Waals surface area contributed by atoms with Crippen LogP contribution in [-0.2, 0) is 0 Å². The lowest BCUT2D eigenvalue weighted by molar-refractivity contribution is 0.0975. The summed E-state index contributed by atoms with van der Waals surface area (Å²) in [5.74, 6) is 0.522. The normalized spacial score (nSPS) is 8.67. The molecule has 12 heavy (non-hydrogen) atoms. The Morgan fingerprint density at radius 3 is 2.42 bits per heavy atom. The molecule has 68 valence electrons. The van der Waals surface area contributed by atoms with Crippen molar-refractivity contribution in [1.82, 2.24) is 10.1 Å². The van der Waals surface area contributed by atoms with Gasteiger partial charge in [-0.3, -0.25) is 4.79 Å². The molecule has 0 saturated carbocycles. The molecule has 0 radical (unpaired) electrons. The number of carbonyl (C=O) groups is 1. The van der Waals surface area contributed by atoms with Crippen molar-refractivity contribution in [3.05, 3.63) is 11.7 Å². The molecule has 4 nitrogen and oxygen atoms in total. The molecule has 0 saturated heterocycles. The Morgan fingerprint density at radius 1 is 1.50 bits per heavy atom. The lowest BCUT2D eigenvalue weighted by Crippen LogP contribution is -1.98. The molecular weight excluding hydrogens is 156 g/mol. The van der Waals surface area contributed by atoms with Crippen LogP contribution in [0.1, 0.15) is 43.7 Å². The van der Waals surface area contributed by atoms with Crippen molar-refractivity contribution in [2.75, 3.05) is 0 Å². The van der Waals surface area contributed by atoms with Gasteiger partial charge in [0.15, 0.2) is 0 Å². The van der Waals surface area contributed by atoms with Gasteiger partial charge in [-0.25, -0.2) is 0 Å². The number of ketones is 1. The topological polar surface area (TPSA) is 56.0 Å². The van der Waals surface area contributed by atoms with E-state index in [9.17, 15) is 4.79 Å². The van der Waals surface area contributed by atoms with Crippen LogP contribution in [0, 0.1) is 6.92 Å². The lowest BCUT2D eigenvalue weighted by Gasteiger charge is -1.82. The molecule has 1 aromatic rings. The molecule has 1 aromatic heterocycles. The predicted molar refractivity (Wildman–Crippen MR) is 45.0 cm³/mol. The van der Waals surface area contributed by atoms with E-state index >= 15 is 0 Å². The fraction of sp³-hybridized carbons (Fsp3) is 0.625. The van der Waals surface area contributed by atoms with Gasteiger partial charge >= 0.3 is 0 Å². The number of carbonyl (C=O) groups excluding carboxylic acids is 1. The first-order valence-corrected chi connectivity index (χ1v) is 4.07. The molecule has 0 aliphatic carbocycles. The van der Waals surface area contributed by atoms with E-state index in [1.807, 2.05) is 13.8 Å². The highest BCUT2D eigenvalue weighted by atomic mass is 16.5. The summed E-state index contributed by atoms with van der Waals surface area (Å²) < 4.78 is 4.61. The highest BCUT2D eigenvalue weighted by molar-refractivity contribution is 5.91. The predicted octanol–water partition coefficient (Wildman–Crippen LogP) is 2.00. The molecule has 1 heterocycles. The summed E-state index contributed by atoms with van der Waals surface area (Å²) in [6, 6.07) is 0. The van der Waals surface area contributed by atoms with Gasteiger partial charge in [0.2, 0.25) is 17.5 Å². The maximum Gasteiger partial charge on any atom is 0.238 e. The van der Waals surface area contributed by atoms with Gasteiger partial charge in [-0.05, 0) is 0 Å². The van der Waals surface area contributed by atoms with Crippen LogP contribution in [0.4, 0.5) is 0 Å². The molecule has 0 amide bonds. The Morgan fingerprint density at radius 2 is 2.08 bits per heavy atom. The number of aromatic nitrogens is 2. The van der Waals surface area contributed by atoms with Crippen molar-refractivity contribution >= 4 is 5.78 Å². The summed E-state index contributed by atoms with van der Waals surface area (Å²) in [6.45, 7) is 7.41. The Hall–Kier alpha value is -1.19. The summed E-state index contributed by atoms with van der Waals surface area (Å²) in [5.41, 5.74) is 0. The minimum absolute atomic E-state index is 0.0862. The van der Waals surface area contributed by atoms with Gasteiger partial charge in [0.25, 0.3) is 0 Å². The molecule has 0 spiro atoms. The number of hydrogen-bond acceptors (Lipinski definition) is 4. The standard InChI is InChI=1S/C6H8N2O2.C2H6/c1-3-5(9)6-7-4(2)10-8-6;1-2/h3H2,1-2H3;1-2H3. The van der Waals surface area contributed by atoms with E-state index < -0.39 is 0 Å². The van der Waals surface area contributed by atoms with Crippen LogP contribution in [0.2, 0.25) is 0 Å². The zero-order chi connectivity index (χ0) is 9.56. The molecule has 0 atom stereocenters. The van der Waals surface area contributed by atoms with Crippen LogP contribution >= 0.6 is 0 Å². The minimum atomic E-state index is -0.0862. The third-order valence-electron chi connectivity index (χ3n) is 1.10. The second-order valence-corrected chi connectivity index (χ2v) is 1.91. The highest BCUT2D eigenvalue weighted by Crippen LogP contribution is 1.97. The molecule has 0 aliphatic heterocycles. The SMILES string of the molecule is CC.CCC(=O)c1noc(C)n1. The Bertz CT molecular complexity index is 243. The quantitative estimate of drug-likeness (QED) is 0.637. The van der Waals surface area contributed by atoms with E-state index in [1.54, 1.807) is 13.8 Å². The van der Waals surface area contributed by atoms with E-state index in [0.29, 0.717) is 12.3 Å². The second kappa shape index (κ2) is 5.46. The van der Waals surface area contributed by atoms with Crippen LogP contribution in [0.5, 0.6) is 0 Å². The average Bonchev–Trinajstić information content (AvgIpc) is 2.54. The molecule has 0 bridgehead atoms. The van der Waals surface area contributed by atoms with Gasteiger partial charge in [0.05, 0.1) is 0 Å². The van der Waals surface area contributed by atoms with Gasteiger partial charge in [0, 0.05) is 13.3 Å². The third-order valence-corrected chi connectivity index (χ3v) is 1.10. The molecule has 0 unspecified atom stereocenters. The van der Waals surface area contributed by atoms with Gasteiger partial charge < -0.3 is 4.52 Å². The van der Waals surface area contributed by atoms with Gasteiger partial charge in [-0.15, -0.1) is 0 Å².